The van der Waals surface area contributed by atoms with Gasteiger partial charge < -0.3 is 83.9 Å². The number of aliphatic hydroxyl groups is 9. The highest BCUT2D eigenvalue weighted by Crippen LogP contribution is 2.43. The normalized spacial score (nSPS) is 13.5. The van der Waals surface area contributed by atoms with Crippen LogP contribution in [0.2, 0.25) is 15.1 Å². The molecule has 0 radical (unpaired) electrons. The standard InChI is InChI=1S/C25H30BrClIN3O4.2C25H30Cl2IN3O4.C24H28Cl2IN3O5/c1-16(11-27)14-35-23-9-6-18(10-21(23)26)25(2,3)17-4-7-20(8-5-17)34-15-19(33)12-31-24(28)22(13-32)29-30-31;2*1-16(11-26)14-35-23-9-6-18(10-21(23)27)25(2,3)17-4-7-20(8-5-17)34-15-19(33)12-31-24(28)22(13-32)29-30-31;1-24(2,16-5-8-22(20(26)9-16)35-13-17(32)10-25)15-3-6-19(7-4-15)34-14-18(33)11-30-23(27)21(12-31)28-29-30/h3*4-10,16,19,32-33H,11-15H2,1-3H3;3-9,17-18,31-33H,10-14H2,1-2H3/t;16-,19+;16-,19-;17-,18+/m.011/s1/i3*28-4;27-4. The number of aromatic nitrogens is 12. The van der Waals surface area contributed by atoms with Gasteiger partial charge in [0.1, 0.15) is 147 Å². The van der Waals surface area contributed by atoms with Crippen molar-refractivity contribution in [1.29, 1.82) is 0 Å². The van der Waals surface area contributed by atoms with E-state index in [1.54, 1.807) is 20.1 Å². The third-order valence-corrected chi connectivity index (χ3v) is 30.9. The van der Waals surface area contributed by atoms with Crippen molar-refractivity contribution >= 4 is 188 Å². The van der Waals surface area contributed by atoms with Crippen LogP contribution in [-0.2, 0) is 74.3 Å². The topological polar surface area (TPSA) is 379 Å². The van der Waals surface area contributed by atoms with Crippen LogP contribution in [0.3, 0.4) is 0 Å². The Kier molecular flexibility index (Phi) is 47.5. The Balaban J connectivity index is 0.000000209. The molecule has 12 aromatic rings. The molecular weight excluding hydrogens is 2450 g/mol. The maximum absolute atomic E-state index is 10.3. The van der Waals surface area contributed by atoms with Crippen molar-refractivity contribution in [2.45, 2.75) is 181 Å². The van der Waals surface area contributed by atoms with Crippen LogP contribution in [0.1, 0.15) is 143 Å². The van der Waals surface area contributed by atoms with Crippen molar-refractivity contribution in [1.82, 2.24) is 60.0 Å². The molecule has 0 aliphatic carbocycles. The quantitative estimate of drug-likeness (QED) is 0.0126. The second-order valence-corrected chi connectivity index (χ2v) is 42.9. The van der Waals surface area contributed by atoms with Crippen molar-refractivity contribution in [3.8, 4) is 46.0 Å². The summed E-state index contributed by atoms with van der Waals surface area (Å²) < 4.78 is 56.0. The van der Waals surface area contributed by atoms with Crippen molar-refractivity contribution in [3.63, 3.8) is 0 Å². The molecule has 2 unspecified atom stereocenters. The summed E-state index contributed by atoms with van der Waals surface area (Å²) in [4.78, 5) is 0. The highest BCUT2D eigenvalue weighted by molar-refractivity contribution is 14.1. The first-order valence-electron chi connectivity index (χ1n) is 44.6. The largest absolute Gasteiger partial charge is 0.492 e. The van der Waals surface area contributed by atoms with Gasteiger partial charge >= 0.3 is 0 Å². The third-order valence-electron chi connectivity index (χ3n) is 22.7. The summed E-state index contributed by atoms with van der Waals surface area (Å²) in [6.45, 7) is 25.4. The predicted octanol–water partition coefficient (Wildman–Crippen LogP) is 19.0. The zero-order valence-electron chi connectivity index (χ0n) is 79.1. The van der Waals surface area contributed by atoms with Gasteiger partial charge in [-0.05, 0) is 248 Å². The van der Waals surface area contributed by atoms with Crippen LogP contribution in [0.5, 0.6) is 46.0 Å². The Bertz CT molecular complexity index is 5140. The summed E-state index contributed by atoms with van der Waals surface area (Å²) in [5.74, 6) is 7.72. The lowest BCUT2D eigenvalue weighted by Crippen LogP contribution is -2.25. The molecule has 0 amide bonds. The molecule has 0 saturated heterocycles. The van der Waals surface area contributed by atoms with Crippen LogP contribution in [0.25, 0.3) is 0 Å². The fourth-order valence-electron chi connectivity index (χ4n) is 13.6. The van der Waals surface area contributed by atoms with Gasteiger partial charge in [-0.2, -0.15) is 0 Å². The van der Waals surface area contributed by atoms with Crippen molar-refractivity contribution in [3.05, 3.63) is 271 Å². The molecule has 0 fully saturated rings. The minimum absolute atomic E-state index is 0.0733. The van der Waals surface area contributed by atoms with Gasteiger partial charge in [-0.1, -0.05) is 205 Å². The fourth-order valence-corrected chi connectivity index (χ4v) is 17.5. The van der Waals surface area contributed by atoms with E-state index >= 15 is 0 Å². The number of nitrogens with zero attached hydrogens (tertiary/aromatic N) is 12. The summed E-state index contributed by atoms with van der Waals surface area (Å²) in [7, 11) is 0. The molecule has 4 aromatic heterocycles. The molecule has 9 N–H and O–H groups in total. The van der Waals surface area contributed by atoms with E-state index in [1.165, 1.54) is 4.68 Å². The van der Waals surface area contributed by atoms with Crippen molar-refractivity contribution in [2.75, 3.05) is 76.4 Å². The monoisotopic (exact) mass is 2560 g/mol. The molecule has 140 heavy (non-hydrogen) atoms. The summed E-state index contributed by atoms with van der Waals surface area (Å²) in [6.07, 6.45) is -3.86. The molecule has 8 aromatic carbocycles. The number of hydrogen-bond acceptors (Lipinski definition) is 25. The molecule has 760 valence electrons. The van der Waals surface area contributed by atoms with E-state index in [0.717, 1.165) is 54.7 Å². The second kappa shape index (κ2) is 56.6. The van der Waals surface area contributed by atoms with E-state index in [0.29, 0.717) is 130 Å². The molecule has 8 atom stereocenters. The first-order chi connectivity index (χ1) is 66.6. The smallest absolute Gasteiger partial charge is 0.138 e. The van der Waals surface area contributed by atoms with Crippen LogP contribution in [-0.4, -0.2) is 213 Å². The van der Waals surface area contributed by atoms with Crippen LogP contribution in [0.15, 0.2) is 174 Å². The van der Waals surface area contributed by atoms with Gasteiger partial charge in [0, 0.05) is 57.1 Å². The minimum Gasteiger partial charge on any atom is -0.492 e. The Hall–Kier alpha value is -6.21. The van der Waals surface area contributed by atoms with Gasteiger partial charge in [-0.3, -0.25) is 0 Å². The first kappa shape index (κ1) is 117. The van der Waals surface area contributed by atoms with Gasteiger partial charge in [-0.25, -0.2) is 18.7 Å². The Morgan fingerprint density at radius 2 is 0.500 bits per heavy atom. The molecule has 0 aliphatic heterocycles. The Morgan fingerprint density at radius 3 is 0.707 bits per heavy atom. The molecular formula is C99H118BrCl7I4N12O17. The Labute approximate surface area is 914 Å². The molecule has 29 nitrogen and oxygen atoms in total. The van der Waals surface area contributed by atoms with E-state index in [-0.39, 0.29) is 131 Å². The van der Waals surface area contributed by atoms with E-state index in [9.17, 15) is 46.0 Å². The SMILES string of the molecule is CC(C)(c1ccc(OC[C@@H](O)Cn2nnc(CO)c2[123I])cc1)c1ccc(OC[C@H](O)CCl)c(Cl)c1.CC(CCl)COc1ccc(C(C)(C)c2ccc(OCC(O)Cn3nnc(CO)c3[123I])cc2)cc1Br.C[C@@H](CCl)COc1ccc(C(C)(C)c2ccc(OC[C@H](O)Cn3nnc(CO)c3[123I])cc2)cc1Cl.C[C@H](CCl)COc1ccc(C(C)(C)c2ccc(OC[C@H](O)Cn3nnc(CO)c3[123I])cc2)cc1Cl. The van der Waals surface area contributed by atoms with E-state index in [4.69, 9.17) is 119 Å². The maximum atomic E-state index is 10.3. The lowest BCUT2D eigenvalue weighted by molar-refractivity contribution is 0.0880. The highest BCUT2D eigenvalue weighted by Gasteiger charge is 2.31. The zero-order chi connectivity index (χ0) is 102. The van der Waals surface area contributed by atoms with Gasteiger partial charge in [0.2, 0.25) is 0 Å². The molecule has 0 saturated carbocycles. The molecule has 12 rings (SSSR count). The average Bonchev–Trinajstić information content (AvgIpc) is 1.28. The van der Waals surface area contributed by atoms with E-state index in [1.807, 2.05) is 256 Å². The van der Waals surface area contributed by atoms with Gasteiger partial charge in [0.25, 0.3) is 0 Å². The van der Waals surface area contributed by atoms with Gasteiger partial charge in [0.15, 0.2) is 0 Å². The minimum atomic E-state index is -0.790. The number of alkyl halides is 4. The molecule has 0 bridgehead atoms. The molecule has 0 spiro atoms. The zero-order valence-corrected chi connectivity index (χ0v) is 94.6. The number of hydrogen-bond donors (Lipinski definition) is 9. The van der Waals surface area contributed by atoms with Gasteiger partial charge in [-0.15, -0.1) is 66.8 Å². The predicted molar refractivity (Wildman–Crippen MR) is 582 cm³/mol. The Morgan fingerprint density at radius 1 is 0.293 bits per heavy atom. The molecule has 4 heterocycles. The summed E-state index contributed by atoms with van der Waals surface area (Å²) in [5, 5.41) is 121. The molecule has 41 heteroatoms. The first-order valence-corrected chi connectivity index (χ1v) is 53.0. The number of aliphatic hydroxyl groups excluding tert-OH is 9. The third kappa shape index (κ3) is 33.9. The van der Waals surface area contributed by atoms with Crippen LogP contribution in [0.4, 0.5) is 0 Å². The van der Waals surface area contributed by atoms with Crippen molar-refractivity contribution in [2.24, 2.45) is 17.8 Å². The number of rotatable bonds is 48. The number of benzene rings is 8. The average molecular weight is 2570 g/mol. The van der Waals surface area contributed by atoms with Gasteiger partial charge in [0.05, 0.1) is 97.8 Å². The maximum Gasteiger partial charge on any atom is 0.138 e. The summed E-state index contributed by atoms with van der Waals surface area (Å²) >= 11 is 54.4. The lowest BCUT2D eigenvalue weighted by Gasteiger charge is -2.27. The highest BCUT2D eigenvalue weighted by atomic mass is 123. The number of halogens is 12. The lowest BCUT2D eigenvalue weighted by atomic mass is 9.78. The summed E-state index contributed by atoms with van der Waals surface area (Å²) in [6, 6.07) is 54.7. The van der Waals surface area contributed by atoms with Crippen LogP contribution in [0, 0.1) is 32.6 Å². The summed E-state index contributed by atoms with van der Waals surface area (Å²) in [5.41, 5.74) is 9.44. The van der Waals surface area contributed by atoms with Crippen LogP contribution < -0.4 is 37.9 Å². The van der Waals surface area contributed by atoms with E-state index in [2.05, 4.69) is 132 Å². The molecule has 0 aliphatic rings. The fraction of sp³-hybridized carbons (Fsp3) is 0.434. The van der Waals surface area contributed by atoms with E-state index < -0.39 is 30.5 Å². The number of ether oxygens (including phenoxy) is 8. The van der Waals surface area contributed by atoms with Crippen molar-refractivity contribution < 1.29 is 83.9 Å². The second-order valence-electron chi connectivity index (χ2n) is 35.5. The van der Waals surface area contributed by atoms with Crippen LogP contribution >= 0.6 is 188 Å².